The highest BCUT2D eigenvalue weighted by Gasteiger charge is 2.21. The zero-order chi connectivity index (χ0) is 15.7. The first kappa shape index (κ1) is 15.2. The number of anilines is 1. The van der Waals surface area contributed by atoms with Gasteiger partial charge in [-0.05, 0) is 15.9 Å². The van der Waals surface area contributed by atoms with Gasteiger partial charge in [0.05, 0.1) is 18.4 Å². The lowest BCUT2D eigenvalue weighted by Gasteiger charge is -2.36. The highest BCUT2D eigenvalue weighted by atomic mass is 79.9. The number of halogens is 1. The van der Waals surface area contributed by atoms with Gasteiger partial charge in [0.25, 0.3) is 5.56 Å². The number of imidazole rings is 1. The highest BCUT2D eigenvalue weighted by Crippen LogP contribution is 2.22. The quantitative estimate of drug-likeness (QED) is 0.795. The van der Waals surface area contributed by atoms with Crippen molar-refractivity contribution in [2.45, 2.75) is 6.54 Å². The number of hydrogen-bond acceptors (Lipinski definition) is 5. The second-order valence-corrected chi connectivity index (χ2v) is 6.28. The van der Waals surface area contributed by atoms with Crippen LogP contribution in [-0.2, 0) is 20.6 Å². The van der Waals surface area contributed by atoms with Gasteiger partial charge in [-0.3, -0.25) is 9.69 Å². The molecule has 2 aromatic rings. The van der Waals surface area contributed by atoms with E-state index in [0.717, 1.165) is 44.2 Å². The van der Waals surface area contributed by atoms with E-state index in [9.17, 15) is 4.79 Å². The third kappa shape index (κ3) is 2.93. The Hall–Kier alpha value is -1.67. The molecule has 2 aromatic heterocycles. The molecule has 8 heteroatoms. The van der Waals surface area contributed by atoms with Crippen LogP contribution in [-0.4, -0.2) is 50.4 Å². The summed E-state index contributed by atoms with van der Waals surface area (Å²) in [7, 11) is 3.67. The Balaban J connectivity index is 1.66. The van der Waals surface area contributed by atoms with Crippen molar-refractivity contribution in [2.75, 3.05) is 31.1 Å². The van der Waals surface area contributed by atoms with E-state index < -0.39 is 0 Å². The van der Waals surface area contributed by atoms with Crippen molar-refractivity contribution < 1.29 is 0 Å². The Morgan fingerprint density at radius 2 is 1.95 bits per heavy atom. The fraction of sp³-hybridized carbons (Fsp3) is 0.500. The van der Waals surface area contributed by atoms with E-state index in [0.29, 0.717) is 4.47 Å². The molecule has 0 aliphatic carbocycles. The maximum atomic E-state index is 12.0. The summed E-state index contributed by atoms with van der Waals surface area (Å²) in [5.41, 5.74) is 0.771. The minimum absolute atomic E-state index is 0.104. The fourth-order valence-electron chi connectivity index (χ4n) is 2.62. The number of nitrogens with zero attached hydrogens (tertiary/aromatic N) is 6. The smallest absolute Gasteiger partial charge is 0.282 e. The van der Waals surface area contributed by atoms with E-state index in [2.05, 4.69) is 35.8 Å². The molecule has 0 radical (unpaired) electrons. The molecule has 7 nitrogen and oxygen atoms in total. The Bertz CT molecular complexity index is 716. The van der Waals surface area contributed by atoms with Gasteiger partial charge >= 0.3 is 0 Å². The van der Waals surface area contributed by atoms with E-state index >= 15 is 0 Å². The van der Waals surface area contributed by atoms with E-state index in [1.807, 2.05) is 24.0 Å². The zero-order valence-electron chi connectivity index (χ0n) is 12.7. The molecule has 0 amide bonds. The predicted octanol–water partition coefficient (Wildman–Crippen LogP) is 0.598. The summed E-state index contributed by atoms with van der Waals surface area (Å²) in [6.45, 7) is 4.48. The topological polar surface area (TPSA) is 59.2 Å². The third-order valence-corrected chi connectivity index (χ3v) is 4.80. The number of piperazine rings is 1. The van der Waals surface area contributed by atoms with Crippen molar-refractivity contribution in [2.24, 2.45) is 14.1 Å². The molecule has 1 saturated heterocycles. The van der Waals surface area contributed by atoms with Crippen LogP contribution < -0.4 is 10.5 Å². The molecule has 1 aliphatic rings. The molecular weight excluding hydrogens is 348 g/mol. The zero-order valence-corrected chi connectivity index (χ0v) is 14.3. The van der Waals surface area contributed by atoms with Gasteiger partial charge in [0.15, 0.2) is 0 Å². The van der Waals surface area contributed by atoms with E-state index in [1.165, 1.54) is 4.68 Å². The first-order valence-corrected chi connectivity index (χ1v) is 8.01. The summed E-state index contributed by atoms with van der Waals surface area (Å²) >= 11 is 3.40. The van der Waals surface area contributed by atoms with Crippen molar-refractivity contribution in [1.29, 1.82) is 0 Å². The third-order valence-electron chi connectivity index (χ3n) is 4.06. The molecule has 0 saturated carbocycles. The van der Waals surface area contributed by atoms with Crippen molar-refractivity contribution >= 4 is 21.6 Å². The van der Waals surface area contributed by atoms with Crippen LogP contribution >= 0.6 is 15.9 Å². The molecule has 0 aromatic carbocycles. The van der Waals surface area contributed by atoms with Crippen molar-refractivity contribution in [3.63, 3.8) is 0 Å². The van der Waals surface area contributed by atoms with Gasteiger partial charge in [-0.1, -0.05) is 0 Å². The van der Waals surface area contributed by atoms with Crippen LogP contribution in [0.2, 0.25) is 0 Å². The second-order valence-electron chi connectivity index (χ2n) is 5.49. The molecule has 1 fully saturated rings. The van der Waals surface area contributed by atoms with Gasteiger partial charge in [-0.2, -0.15) is 5.10 Å². The lowest BCUT2D eigenvalue weighted by molar-refractivity contribution is 0.241. The van der Waals surface area contributed by atoms with Crippen LogP contribution in [0.15, 0.2) is 27.9 Å². The average Bonchev–Trinajstić information content (AvgIpc) is 2.91. The first-order chi connectivity index (χ1) is 10.6. The standard InChI is InChI=1S/C14H19BrN6O/c1-18-4-3-16-12(18)10-20-5-7-21(8-6-20)11-9-17-19(2)14(22)13(11)15/h3-4,9H,5-8,10H2,1-2H3. The van der Waals surface area contributed by atoms with Crippen molar-refractivity contribution in [3.8, 4) is 0 Å². The summed E-state index contributed by atoms with van der Waals surface area (Å²) in [5.74, 6) is 1.07. The van der Waals surface area contributed by atoms with E-state index in [4.69, 9.17) is 0 Å². The summed E-state index contributed by atoms with van der Waals surface area (Å²) in [6, 6.07) is 0. The molecule has 118 valence electrons. The lowest BCUT2D eigenvalue weighted by atomic mass is 10.3. The number of rotatable bonds is 3. The number of aromatic nitrogens is 4. The van der Waals surface area contributed by atoms with Crippen LogP contribution in [0.1, 0.15) is 5.82 Å². The molecule has 22 heavy (non-hydrogen) atoms. The van der Waals surface area contributed by atoms with Crippen LogP contribution in [0.3, 0.4) is 0 Å². The molecule has 3 heterocycles. The van der Waals surface area contributed by atoms with Gasteiger partial charge in [0.2, 0.25) is 0 Å². The molecular formula is C14H19BrN6O. The number of aryl methyl sites for hydroxylation is 2. The van der Waals surface area contributed by atoms with E-state index in [1.54, 1.807) is 13.2 Å². The Labute approximate surface area is 137 Å². The van der Waals surface area contributed by atoms with Crippen LogP contribution in [0.25, 0.3) is 0 Å². The maximum Gasteiger partial charge on any atom is 0.282 e. The summed E-state index contributed by atoms with van der Waals surface area (Å²) in [5, 5.41) is 4.11. The Morgan fingerprint density at radius 3 is 2.59 bits per heavy atom. The van der Waals surface area contributed by atoms with Crippen LogP contribution in [0.5, 0.6) is 0 Å². The van der Waals surface area contributed by atoms with Gasteiger partial charge in [0, 0.05) is 52.7 Å². The lowest BCUT2D eigenvalue weighted by Crippen LogP contribution is -2.46. The van der Waals surface area contributed by atoms with Gasteiger partial charge in [0.1, 0.15) is 10.3 Å². The normalized spacial score (nSPS) is 16.2. The van der Waals surface area contributed by atoms with Crippen molar-refractivity contribution in [3.05, 3.63) is 39.2 Å². The molecule has 0 spiro atoms. The molecule has 1 aliphatic heterocycles. The summed E-state index contributed by atoms with van der Waals surface area (Å²) in [4.78, 5) is 20.9. The van der Waals surface area contributed by atoms with Crippen molar-refractivity contribution in [1.82, 2.24) is 24.2 Å². The average molecular weight is 367 g/mol. The Kier molecular flexibility index (Phi) is 4.30. The maximum absolute atomic E-state index is 12.0. The van der Waals surface area contributed by atoms with Crippen LogP contribution in [0, 0.1) is 0 Å². The minimum Gasteiger partial charge on any atom is -0.367 e. The largest absolute Gasteiger partial charge is 0.367 e. The molecule has 0 bridgehead atoms. The predicted molar refractivity (Wildman–Crippen MR) is 87.9 cm³/mol. The molecule has 3 rings (SSSR count). The van der Waals surface area contributed by atoms with Gasteiger partial charge < -0.3 is 9.47 Å². The van der Waals surface area contributed by atoms with Crippen LogP contribution in [0.4, 0.5) is 5.69 Å². The van der Waals surface area contributed by atoms with Gasteiger partial charge in [-0.25, -0.2) is 9.67 Å². The molecule has 0 atom stereocenters. The fourth-order valence-corrected chi connectivity index (χ4v) is 3.23. The van der Waals surface area contributed by atoms with Gasteiger partial charge in [-0.15, -0.1) is 0 Å². The summed E-state index contributed by atoms with van der Waals surface area (Å²) < 4.78 is 3.97. The second kappa shape index (κ2) is 6.21. The first-order valence-electron chi connectivity index (χ1n) is 7.21. The molecule has 0 N–H and O–H groups in total. The number of hydrogen-bond donors (Lipinski definition) is 0. The SMILES string of the molecule is Cn1ccnc1CN1CCN(c2cnn(C)c(=O)c2Br)CC1. The highest BCUT2D eigenvalue weighted by molar-refractivity contribution is 9.10. The minimum atomic E-state index is -0.104. The van der Waals surface area contributed by atoms with E-state index in [-0.39, 0.29) is 5.56 Å². The molecule has 0 unspecified atom stereocenters. The monoisotopic (exact) mass is 366 g/mol. The summed E-state index contributed by atoms with van der Waals surface area (Å²) in [6.07, 6.45) is 5.54. The Morgan fingerprint density at radius 1 is 1.23 bits per heavy atom.